The summed E-state index contributed by atoms with van der Waals surface area (Å²) in [6.45, 7) is 3.11. The Morgan fingerprint density at radius 1 is 0.588 bits per heavy atom. The van der Waals surface area contributed by atoms with Crippen molar-refractivity contribution in [2.24, 2.45) is 0 Å². The van der Waals surface area contributed by atoms with Gasteiger partial charge in [0.05, 0.1) is 11.4 Å². The van der Waals surface area contributed by atoms with Crippen LogP contribution in [-0.4, -0.2) is 6.54 Å². The summed E-state index contributed by atoms with van der Waals surface area (Å²) in [7, 11) is 0. The van der Waals surface area contributed by atoms with Crippen molar-refractivity contribution in [2.75, 3.05) is 22.9 Å². The number of hydrogen-bond acceptors (Lipinski definition) is 4. The van der Waals surface area contributed by atoms with E-state index in [1.165, 1.54) is 32.3 Å². The first-order chi connectivity index (χ1) is 16.6. The summed E-state index contributed by atoms with van der Waals surface area (Å²) in [5.41, 5.74) is 20.3. The number of nitrogens with zero attached hydrogens (tertiary/aromatic N) is 1. The van der Waals surface area contributed by atoms with Crippen molar-refractivity contribution in [1.82, 2.24) is 0 Å². The Morgan fingerprint density at radius 2 is 0.971 bits per heavy atom. The molecular weight excluding hydrogens is 434 g/mol. The van der Waals surface area contributed by atoms with Crippen LogP contribution in [0.4, 0.5) is 22.7 Å². The molecule has 1 aliphatic heterocycles. The predicted octanol–water partition coefficient (Wildman–Crippen LogP) is 7.81. The van der Waals surface area contributed by atoms with Gasteiger partial charge in [0.1, 0.15) is 0 Å². The number of hydrogen-bond donors (Lipinski definition) is 2. The SMILES string of the molecule is CCN1c2cc(C=Cc3ccc(N)cc3)ccc2Sc2ccc(C=Cc3ccc(N)cc3)cc21. The summed E-state index contributed by atoms with van der Waals surface area (Å²) >= 11 is 1.83. The van der Waals surface area contributed by atoms with Crippen LogP contribution in [0, 0.1) is 0 Å². The third-order valence-corrected chi connectivity index (χ3v) is 7.02. The minimum Gasteiger partial charge on any atom is -0.399 e. The van der Waals surface area contributed by atoms with Crippen molar-refractivity contribution in [3.05, 3.63) is 107 Å². The van der Waals surface area contributed by atoms with E-state index >= 15 is 0 Å². The monoisotopic (exact) mass is 461 g/mol. The van der Waals surface area contributed by atoms with Gasteiger partial charge in [-0.3, -0.25) is 0 Å². The second-order valence-electron chi connectivity index (χ2n) is 8.30. The summed E-state index contributed by atoms with van der Waals surface area (Å²) in [6, 6.07) is 29.2. The van der Waals surface area contributed by atoms with Crippen molar-refractivity contribution >= 4 is 58.8 Å². The largest absolute Gasteiger partial charge is 0.399 e. The van der Waals surface area contributed by atoms with Crippen molar-refractivity contribution < 1.29 is 0 Å². The molecule has 4 N–H and O–H groups in total. The van der Waals surface area contributed by atoms with E-state index in [0.717, 1.165) is 29.0 Å². The molecule has 168 valence electrons. The molecule has 0 fully saturated rings. The highest BCUT2D eigenvalue weighted by Crippen LogP contribution is 2.48. The predicted molar refractivity (Wildman–Crippen MR) is 149 cm³/mol. The van der Waals surface area contributed by atoms with Gasteiger partial charge in [0.15, 0.2) is 0 Å². The molecule has 0 radical (unpaired) electrons. The number of nitrogen functional groups attached to an aromatic ring is 2. The van der Waals surface area contributed by atoms with Crippen molar-refractivity contribution in [2.45, 2.75) is 16.7 Å². The Kier molecular flexibility index (Phi) is 6.15. The molecule has 3 nitrogen and oxygen atoms in total. The lowest BCUT2D eigenvalue weighted by molar-refractivity contribution is 0.978. The second-order valence-corrected chi connectivity index (χ2v) is 9.38. The Bertz CT molecular complexity index is 1260. The molecule has 0 atom stereocenters. The summed E-state index contributed by atoms with van der Waals surface area (Å²) in [5, 5.41) is 0. The lowest BCUT2D eigenvalue weighted by atomic mass is 10.1. The number of nitrogens with two attached hydrogens (primary N) is 2. The number of benzene rings is 4. The molecular formula is C30H27N3S. The summed E-state index contributed by atoms with van der Waals surface area (Å²) < 4.78 is 0. The van der Waals surface area contributed by atoms with Gasteiger partial charge in [-0.15, -0.1) is 0 Å². The van der Waals surface area contributed by atoms with Gasteiger partial charge >= 0.3 is 0 Å². The number of anilines is 4. The first-order valence-corrected chi connectivity index (χ1v) is 12.2. The van der Waals surface area contributed by atoms with Crippen LogP contribution in [0.25, 0.3) is 24.3 Å². The molecule has 4 heteroatoms. The number of fused-ring (bicyclic) bond motifs is 2. The van der Waals surface area contributed by atoms with Gasteiger partial charge in [-0.2, -0.15) is 0 Å². The van der Waals surface area contributed by atoms with Gasteiger partial charge < -0.3 is 16.4 Å². The van der Waals surface area contributed by atoms with Crippen molar-refractivity contribution in [1.29, 1.82) is 0 Å². The molecule has 4 aromatic rings. The standard InChI is InChI=1S/C30H27N3S/c1-2-33-27-19-23(5-3-21-7-13-25(31)14-8-21)11-17-29(27)34-30-18-12-24(20-28(30)33)6-4-22-9-15-26(32)16-10-22/h3-20H,2,31-32H2,1H3. The minimum absolute atomic E-state index is 0.780. The molecule has 0 saturated heterocycles. The summed E-state index contributed by atoms with van der Waals surface area (Å²) in [5.74, 6) is 0. The minimum atomic E-state index is 0.780. The third kappa shape index (κ3) is 4.73. The maximum atomic E-state index is 5.80. The molecule has 0 amide bonds. The summed E-state index contributed by atoms with van der Waals surface area (Å²) in [4.78, 5) is 4.97. The van der Waals surface area contributed by atoms with Crippen molar-refractivity contribution in [3.63, 3.8) is 0 Å². The molecule has 34 heavy (non-hydrogen) atoms. The van der Waals surface area contributed by atoms with Gasteiger partial charge in [-0.05, 0) is 77.7 Å². The van der Waals surface area contributed by atoms with Crippen LogP contribution >= 0.6 is 11.8 Å². The first-order valence-electron chi connectivity index (χ1n) is 11.4. The fraction of sp³-hybridized carbons (Fsp3) is 0.0667. The highest BCUT2D eigenvalue weighted by atomic mass is 32.2. The van der Waals surface area contributed by atoms with Crippen molar-refractivity contribution in [3.8, 4) is 0 Å². The van der Waals surface area contributed by atoms with Gasteiger partial charge in [0.25, 0.3) is 0 Å². The Morgan fingerprint density at radius 3 is 1.38 bits per heavy atom. The van der Waals surface area contributed by atoms with E-state index < -0.39 is 0 Å². The second kappa shape index (κ2) is 9.54. The quantitative estimate of drug-likeness (QED) is 0.235. The van der Waals surface area contributed by atoms with E-state index in [0.29, 0.717) is 0 Å². The molecule has 5 rings (SSSR count). The zero-order valence-electron chi connectivity index (χ0n) is 19.1. The van der Waals surface area contributed by atoms with E-state index in [2.05, 4.69) is 72.5 Å². The van der Waals surface area contributed by atoms with E-state index in [9.17, 15) is 0 Å². The van der Waals surface area contributed by atoms with E-state index in [1.807, 2.05) is 60.3 Å². The lowest BCUT2D eigenvalue weighted by Crippen LogP contribution is -2.20. The molecule has 0 bridgehead atoms. The Balaban J connectivity index is 1.42. The molecule has 1 heterocycles. The highest BCUT2D eigenvalue weighted by molar-refractivity contribution is 7.99. The van der Waals surface area contributed by atoms with E-state index in [-0.39, 0.29) is 0 Å². The lowest BCUT2D eigenvalue weighted by Gasteiger charge is -2.32. The molecule has 1 aliphatic rings. The fourth-order valence-corrected chi connectivity index (χ4v) is 5.12. The molecule has 0 saturated carbocycles. The van der Waals surface area contributed by atoms with Crippen LogP contribution in [0.2, 0.25) is 0 Å². The summed E-state index contributed by atoms with van der Waals surface area (Å²) in [6.07, 6.45) is 8.57. The Hall–Kier alpha value is -3.89. The van der Waals surface area contributed by atoms with Crippen LogP contribution in [0.1, 0.15) is 29.2 Å². The average molecular weight is 462 g/mol. The highest BCUT2D eigenvalue weighted by Gasteiger charge is 2.22. The van der Waals surface area contributed by atoms with Crippen LogP contribution < -0.4 is 16.4 Å². The first kappa shape index (κ1) is 21.9. The van der Waals surface area contributed by atoms with Gasteiger partial charge in [-0.1, -0.05) is 72.5 Å². The van der Waals surface area contributed by atoms with Gasteiger partial charge in [0, 0.05) is 27.7 Å². The molecule has 0 spiro atoms. The zero-order valence-corrected chi connectivity index (χ0v) is 19.9. The maximum absolute atomic E-state index is 5.80. The third-order valence-electron chi connectivity index (χ3n) is 5.89. The fourth-order valence-electron chi connectivity index (χ4n) is 4.06. The van der Waals surface area contributed by atoms with Crippen LogP contribution in [0.3, 0.4) is 0 Å². The maximum Gasteiger partial charge on any atom is 0.0558 e. The Labute approximate surface area is 205 Å². The molecule has 0 unspecified atom stereocenters. The van der Waals surface area contributed by atoms with E-state index in [1.54, 1.807) is 0 Å². The number of rotatable bonds is 5. The average Bonchev–Trinajstić information content (AvgIpc) is 2.86. The normalized spacial score (nSPS) is 12.8. The van der Waals surface area contributed by atoms with Crippen LogP contribution in [0.5, 0.6) is 0 Å². The van der Waals surface area contributed by atoms with Gasteiger partial charge in [-0.25, -0.2) is 0 Å². The molecule has 4 aromatic carbocycles. The smallest absolute Gasteiger partial charge is 0.0558 e. The molecule has 0 aromatic heterocycles. The molecule has 0 aliphatic carbocycles. The van der Waals surface area contributed by atoms with Crippen LogP contribution in [-0.2, 0) is 0 Å². The van der Waals surface area contributed by atoms with Crippen LogP contribution in [0.15, 0.2) is 94.7 Å². The van der Waals surface area contributed by atoms with Gasteiger partial charge in [0.2, 0.25) is 0 Å². The topological polar surface area (TPSA) is 55.3 Å². The van der Waals surface area contributed by atoms with E-state index in [4.69, 9.17) is 11.5 Å². The zero-order chi connectivity index (χ0) is 23.5.